The van der Waals surface area contributed by atoms with Crippen LogP contribution in [0.15, 0.2) is 24.5 Å². The summed E-state index contributed by atoms with van der Waals surface area (Å²) < 4.78 is 0. The molecule has 0 radical (unpaired) electrons. The number of carbonyl (C=O) groups is 1. The lowest BCUT2D eigenvalue weighted by Crippen LogP contribution is -2.49. The number of nitrogens with one attached hydrogen (secondary N) is 1. The quantitative estimate of drug-likeness (QED) is 0.819. The maximum Gasteiger partial charge on any atom is 0.233 e. The van der Waals surface area contributed by atoms with Gasteiger partial charge in [-0.1, -0.05) is 19.9 Å². The minimum absolute atomic E-state index is 0.116. The molecule has 21 heavy (non-hydrogen) atoms. The minimum atomic E-state index is 0.116. The lowest BCUT2D eigenvalue weighted by molar-refractivity contribution is -0.131. The third-order valence-electron chi connectivity index (χ3n) is 3.70. The molecule has 0 aromatic carbocycles. The standard InChI is InChI=1S/C16H25N3OS/c1-13(2)5-9-21-12-16(20)19-8-7-18-11-15(19)14-4-3-6-17-10-14/h3-4,6,10,13,15,18H,5,7-9,11-12H2,1-2H3. The molecule has 1 aromatic rings. The molecule has 1 unspecified atom stereocenters. The van der Waals surface area contributed by atoms with Crippen LogP contribution in [-0.2, 0) is 4.79 Å². The van der Waals surface area contributed by atoms with Gasteiger partial charge in [-0.15, -0.1) is 0 Å². The summed E-state index contributed by atoms with van der Waals surface area (Å²) in [6.07, 6.45) is 4.81. The Labute approximate surface area is 131 Å². The molecule has 4 nitrogen and oxygen atoms in total. The lowest BCUT2D eigenvalue weighted by Gasteiger charge is -2.36. The summed E-state index contributed by atoms with van der Waals surface area (Å²) >= 11 is 1.75. The van der Waals surface area contributed by atoms with E-state index in [2.05, 4.69) is 30.2 Å². The van der Waals surface area contributed by atoms with Gasteiger partial charge >= 0.3 is 0 Å². The highest BCUT2D eigenvalue weighted by Gasteiger charge is 2.27. The van der Waals surface area contributed by atoms with Crippen LogP contribution in [0.1, 0.15) is 31.9 Å². The van der Waals surface area contributed by atoms with Gasteiger partial charge in [-0.3, -0.25) is 9.78 Å². The van der Waals surface area contributed by atoms with E-state index in [0.717, 1.165) is 31.0 Å². The number of pyridine rings is 1. The van der Waals surface area contributed by atoms with Crippen molar-refractivity contribution in [2.24, 2.45) is 5.92 Å². The van der Waals surface area contributed by atoms with Crippen LogP contribution < -0.4 is 5.32 Å². The zero-order valence-corrected chi connectivity index (χ0v) is 13.7. The highest BCUT2D eigenvalue weighted by molar-refractivity contribution is 7.99. The topological polar surface area (TPSA) is 45.2 Å². The second-order valence-corrected chi connectivity index (χ2v) is 6.93. The van der Waals surface area contributed by atoms with E-state index in [1.54, 1.807) is 18.0 Å². The van der Waals surface area contributed by atoms with E-state index in [1.807, 2.05) is 17.2 Å². The van der Waals surface area contributed by atoms with Crippen molar-refractivity contribution in [2.45, 2.75) is 26.3 Å². The summed E-state index contributed by atoms with van der Waals surface area (Å²) in [6, 6.07) is 4.10. The van der Waals surface area contributed by atoms with Crippen LogP contribution >= 0.6 is 11.8 Å². The van der Waals surface area contributed by atoms with E-state index < -0.39 is 0 Å². The Morgan fingerprint density at radius 3 is 3.14 bits per heavy atom. The number of hydrogen-bond donors (Lipinski definition) is 1. The van der Waals surface area contributed by atoms with E-state index in [4.69, 9.17) is 0 Å². The first-order valence-electron chi connectivity index (χ1n) is 7.66. The number of rotatable bonds is 6. The monoisotopic (exact) mass is 307 g/mol. The molecular weight excluding hydrogens is 282 g/mol. The van der Waals surface area contributed by atoms with Gasteiger partial charge in [-0.2, -0.15) is 11.8 Å². The van der Waals surface area contributed by atoms with Gasteiger partial charge < -0.3 is 10.2 Å². The van der Waals surface area contributed by atoms with Gasteiger partial charge in [0.05, 0.1) is 11.8 Å². The Morgan fingerprint density at radius 1 is 1.57 bits per heavy atom. The largest absolute Gasteiger partial charge is 0.332 e. The summed E-state index contributed by atoms with van der Waals surface area (Å²) in [5.74, 6) is 2.60. The predicted octanol–water partition coefficient (Wildman–Crippen LogP) is 2.33. The molecule has 1 fully saturated rings. The van der Waals surface area contributed by atoms with E-state index in [0.29, 0.717) is 11.7 Å². The van der Waals surface area contributed by atoms with Crippen LogP contribution in [-0.4, -0.2) is 46.9 Å². The van der Waals surface area contributed by atoms with Crippen molar-refractivity contribution in [2.75, 3.05) is 31.1 Å². The molecular formula is C16H25N3OS. The molecule has 1 amide bonds. The molecule has 0 bridgehead atoms. The van der Waals surface area contributed by atoms with Gasteiger partial charge in [0, 0.05) is 32.0 Å². The van der Waals surface area contributed by atoms with Crippen molar-refractivity contribution in [1.82, 2.24) is 15.2 Å². The van der Waals surface area contributed by atoms with Crippen molar-refractivity contribution in [3.05, 3.63) is 30.1 Å². The zero-order valence-electron chi connectivity index (χ0n) is 12.9. The summed E-state index contributed by atoms with van der Waals surface area (Å²) in [6.45, 7) is 6.91. The lowest BCUT2D eigenvalue weighted by atomic mass is 10.1. The third-order valence-corrected chi connectivity index (χ3v) is 4.67. The Kier molecular flexibility index (Phi) is 6.51. The fraction of sp³-hybridized carbons (Fsp3) is 0.625. The maximum atomic E-state index is 12.5. The average molecular weight is 307 g/mol. The molecule has 1 atom stereocenters. The molecule has 0 saturated carbocycles. The molecule has 2 heterocycles. The van der Waals surface area contributed by atoms with Gasteiger partial charge in [0.25, 0.3) is 0 Å². The van der Waals surface area contributed by atoms with Crippen molar-refractivity contribution in [3.63, 3.8) is 0 Å². The first-order valence-corrected chi connectivity index (χ1v) is 8.82. The van der Waals surface area contributed by atoms with Gasteiger partial charge in [0.15, 0.2) is 0 Å². The molecule has 1 aliphatic rings. The van der Waals surface area contributed by atoms with Crippen molar-refractivity contribution >= 4 is 17.7 Å². The third kappa shape index (κ3) is 5.00. The highest BCUT2D eigenvalue weighted by atomic mass is 32.2. The normalized spacial score (nSPS) is 19.0. The molecule has 1 aromatic heterocycles. The summed E-state index contributed by atoms with van der Waals surface area (Å²) in [4.78, 5) is 18.7. The van der Waals surface area contributed by atoms with Gasteiger partial charge in [-0.25, -0.2) is 0 Å². The number of amides is 1. The van der Waals surface area contributed by atoms with E-state index >= 15 is 0 Å². The van der Waals surface area contributed by atoms with Gasteiger partial charge in [0.2, 0.25) is 5.91 Å². The fourth-order valence-corrected chi connectivity index (χ4v) is 3.56. The Morgan fingerprint density at radius 2 is 2.43 bits per heavy atom. The number of nitrogens with zero attached hydrogens (tertiary/aromatic N) is 2. The highest BCUT2D eigenvalue weighted by Crippen LogP contribution is 2.22. The molecule has 5 heteroatoms. The van der Waals surface area contributed by atoms with Crippen LogP contribution in [0.4, 0.5) is 0 Å². The van der Waals surface area contributed by atoms with Crippen LogP contribution in [0.3, 0.4) is 0 Å². The van der Waals surface area contributed by atoms with Crippen molar-refractivity contribution in [1.29, 1.82) is 0 Å². The van der Waals surface area contributed by atoms with Crippen LogP contribution in [0.25, 0.3) is 0 Å². The van der Waals surface area contributed by atoms with Gasteiger partial charge in [-0.05, 0) is 29.7 Å². The number of piperazine rings is 1. The molecule has 2 rings (SSSR count). The van der Waals surface area contributed by atoms with Crippen LogP contribution in [0.2, 0.25) is 0 Å². The molecule has 1 N–H and O–H groups in total. The second kappa shape index (κ2) is 8.39. The number of aromatic nitrogens is 1. The van der Waals surface area contributed by atoms with Crippen LogP contribution in [0.5, 0.6) is 0 Å². The Hall–Kier alpha value is -1.07. The SMILES string of the molecule is CC(C)CCSCC(=O)N1CCNCC1c1cccnc1. The van der Waals surface area contributed by atoms with E-state index in [1.165, 1.54) is 6.42 Å². The first kappa shape index (κ1) is 16.3. The molecule has 0 spiro atoms. The van der Waals surface area contributed by atoms with Crippen LogP contribution in [0, 0.1) is 5.92 Å². The Balaban J connectivity index is 1.91. The minimum Gasteiger partial charge on any atom is -0.332 e. The number of thioether (sulfide) groups is 1. The number of carbonyl (C=O) groups excluding carboxylic acids is 1. The summed E-state index contributed by atoms with van der Waals surface area (Å²) in [7, 11) is 0. The predicted molar refractivity (Wildman–Crippen MR) is 88.3 cm³/mol. The molecule has 1 aliphatic heterocycles. The van der Waals surface area contributed by atoms with E-state index in [-0.39, 0.29) is 11.9 Å². The zero-order chi connectivity index (χ0) is 15.1. The second-order valence-electron chi connectivity index (χ2n) is 5.83. The molecule has 1 saturated heterocycles. The van der Waals surface area contributed by atoms with Crippen molar-refractivity contribution in [3.8, 4) is 0 Å². The summed E-state index contributed by atoms with van der Waals surface area (Å²) in [5, 5.41) is 3.37. The fourth-order valence-electron chi connectivity index (χ4n) is 2.44. The van der Waals surface area contributed by atoms with Crippen molar-refractivity contribution < 1.29 is 4.79 Å². The molecule has 0 aliphatic carbocycles. The van der Waals surface area contributed by atoms with E-state index in [9.17, 15) is 4.79 Å². The number of hydrogen-bond acceptors (Lipinski definition) is 4. The van der Waals surface area contributed by atoms with Gasteiger partial charge in [0.1, 0.15) is 0 Å². The molecule has 116 valence electrons. The average Bonchev–Trinajstić information content (AvgIpc) is 2.52. The smallest absolute Gasteiger partial charge is 0.233 e. The summed E-state index contributed by atoms with van der Waals surface area (Å²) in [5.41, 5.74) is 1.12. The first-order chi connectivity index (χ1) is 10.2. The Bertz CT molecular complexity index is 438. The maximum absolute atomic E-state index is 12.5.